The molecule has 3 nitrogen and oxygen atoms in total. The van der Waals surface area contributed by atoms with Gasteiger partial charge in [0.05, 0.1) is 11.6 Å². The van der Waals surface area contributed by atoms with Crippen LogP contribution in [-0.4, -0.2) is 13.7 Å². The lowest BCUT2D eigenvalue weighted by Gasteiger charge is -2.11. The van der Waals surface area contributed by atoms with Crippen LogP contribution < -0.4 is 15.2 Å². The summed E-state index contributed by atoms with van der Waals surface area (Å²) in [6.07, 6.45) is 0.887. The highest BCUT2D eigenvalue weighted by Gasteiger charge is 2.06. The van der Waals surface area contributed by atoms with Crippen LogP contribution >= 0.6 is 15.9 Å². The van der Waals surface area contributed by atoms with Crippen molar-refractivity contribution < 1.29 is 9.47 Å². The highest BCUT2D eigenvalue weighted by molar-refractivity contribution is 9.10. The summed E-state index contributed by atoms with van der Waals surface area (Å²) in [5.41, 5.74) is 8.04. The van der Waals surface area contributed by atoms with Gasteiger partial charge in [0.2, 0.25) is 0 Å². The van der Waals surface area contributed by atoms with Crippen molar-refractivity contribution in [1.29, 1.82) is 0 Å². The summed E-state index contributed by atoms with van der Waals surface area (Å²) in [5, 5.41) is 0. The Morgan fingerprint density at radius 3 is 2.45 bits per heavy atom. The van der Waals surface area contributed by atoms with E-state index < -0.39 is 0 Å². The van der Waals surface area contributed by atoms with E-state index in [1.165, 1.54) is 11.1 Å². The third kappa shape index (κ3) is 3.52. The molecular weight excluding hydrogens is 318 g/mol. The van der Waals surface area contributed by atoms with Crippen molar-refractivity contribution in [2.75, 3.05) is 13.7 Å². The Morgan fingerprint density at radius 1 is 1.10 bits per heavy atom. The van der Waals surface area contributed by atoms with Gasteiger partial charge in [-0.3, -0.25) is 0 Å². The fourth-order valence-corrected chi connectivity index (χ4v) is 2.42. The molecule has 0 aliphatic heterocycles. The zero-order valence-electron chi connectivity index (χ0n) is 11.7. The SMILES string of the molecule is COc1ccc(Oc2ccc(CCN)c(C)c2)c(Br)c1. The molecule has 0 saturated heterocycles. The number of rotatable bonds is 5. The summed E-state index contributed by atoms with van der Waals surface area (Å²) in [4.78, 5) is 0. The van der Waals surface area contributed by atoms with Gasteiger partial charge >= 0.3 is 0 Å². The molecule has 0 aromatic heterocycles. The van der Waals surface area contributed by atoms with Crippen LogP contribution in [0.1, 0.15) is 11.1 Å². The van der Waals surface area contributed by atoms with Gasteiger partial charge in [0.15, 0.2) is 0 Å². The molecule has 0 amide bonds. The Kier molecular flexibility index (Phi) is 5.04. The Labute approximate surface area is 127 Å². The molecule has 4 heteroatoms. The lowest BCUT2D eigenvalue weighted by atomic mass is 10.1. The van der Waals surface area contributed by atoms with Crippen LogP contribution in [0.25, 0.3) is 0 Å². The molecule has 0 unspecified atom stereocenters. The maximum absolute atomic E-state index is 5.89. The zero-order valence-corrected chi connectivity index (χ0v) is 13.2. The predicted octanol–water partition coefficient (Wildman–Crippen LogP) is 4.06. The van der Waals surface area contributed by atoms with Gasteiger partial charge in [0.1, 0.15) is 17.2 Å². The molecule has 0 heterocycles. The van der Waals surface area contributed by atoms with Gasteiger partial charge in [0, 0.05) is 0 Å². The molecule has 2 N–H and O–H groups in total. The minimum atomic E-state index is 0.658. The maximum atomic E-state index is 5.89. The number of nitrogens with two attached hydrogens (primary N) is 1. The second-order valence-corrected chi connectivity index (χ2v) is 5.38. The number of methoxy groups -OCH3 is 1. The van der Waals surface area contributed by atoms with Gasteiger partial charge in [-0.2, -0.15) is 0 Å². The number of benzene rings is 2. The van der Waals surface area contributed by atoms with Crippen molar-refractivity contribution in [1.82, 2.24) is 0 Å². The van der Waals surface area contributed by atoms with Gasteiger partial charge in [-0.15, -0.1) is 0 Å². The first-order valence-corrected chi connectivity index (χ1v) is 7.24. The molecule has 0 saturated carbocycles. The molecule has 0 aliphatic rings. The van der Waals surface area contributed by atoms with Gasteiger partial charge < -0.3 is 15.2 Å². The lowest BCUT2D eigenvalue weighted by Crippen LogP contribution is -2.04. The van der Waals surface area contributed by atoms with E-state index >= 15 is 0 Å². The van der Waals surface area contributed by atoms with Gasteiger partial charge in [-0.25, -0.2) is 0 Å². The van der Waals surface area contributed by atoms with E-state index in [9.17, 15) is 0 Å². The third-order valence-corrected chi connectivity index (χ3v) is 3.71. The van der Waals surface area contributed by atoms with Crippen LogP contribution in [0.3, 0.4) is 0 Å². The summed E-state index contributed by atoms with van der Waals surface area (Å²) < 4.78 is 11.9. The Morgan fingerprint density at radius 2 is 1.85 bits per heavy atom. The topological polar surface area (TPSA) is 44.5 Å². The summed E-state index contributed by atoms with van der Waals surface area (Å²) in [7, 11) is 1.64. The third-order valence-electron chi connectivity index (χ3n) is 3.09. The molecule has 2 aromatic carbocycles. The second kappa shape index (κ2) is 6.77. The molecule has 0 radical (unpaired) electrons. The van der Waals surface area contributed by atoms with Crippen molar-refractivity contribution in [2.45, 2.75) is 13.3 Å². The highest BCUT2D eigenvalue weighted by atomic mass is 79.9. The number of aryl methyl sites for hydroxylation is 1. The molecular formula is C16H18BrNO2. The van der Waals surface area contributed by atoms with Crippen LogP contribution in [0.2, 0.25) is 0 Å². The number of hydrogen-bond donors (Lipinski definition) is 1. The van der Waals surface area contributed by atoms with Crippen molar-refractivity contribution in [3.05, 3.63) is 52.0 Å². The summed E-state index contributed by atoms with van der Waals surface area (Å²) in [5.74, 6) is 2.37. The second-order valence-electron chi connectivity index (χ2n) is 4.53. The van der Waals surface area contributed by atoms with Crippen LogP contribution in [0.5, 0.6) is 17.2 Å². The highest BCUT2D eigenvalue weighted by Crippen LogP contribution is 2.33. The van der Waals surface area contributed by atoms with Crippen molar-refractivity contribution >= 4 is 15.9 Å². The number of hydrogen-bond acceptors (Lipinski definition) is 3. The number of ether oxygens (including phenoxy) is 2. The first-order chi connectivity index (χ1) is 9.63. The first kappa shape index (κ1) is 14.9. The Bertz CT molecular complexity index is 599. The molecule has 0 spiro atoms. The van der Waals surface area contributed by atoms with E-state index in [2.05, 4.69) is 28.9 Å². The van der Waals surface area contributed by atoms with Crippen LogP contribution in [0, 0.1) is 6.92 Å². The molecule has 0 atom stereocenters. The van der Waals surface area contributed by atoms with E-state index in [4.69, 9.17) is 15.2 Å². The van der Waals surface area contributed by atoms with Crippen LogP contribution in [-0.2, 0) is 6.42 Å². The molecule has 20 heavy (non-hydrogen) atoms. The van der Waals surface area contributed by atoms with Gasteiger partial charge in [-0.1, -0.05) is 6.07 Å². The molecule has 106 valence electrons. The first-order valence-electron chi connectivity index (χ1n) is 6.45. The monoisotopic (exact) mass is 335 g/mol. The van der Waals surface area contributed by atoms with E-state index in [0.29, 0.717) is 6.54 Å². The molecule has 0 fully saturated rings. The smallest absolute Gasteiger partial charge is 0.141 e. The maximum Gasteiger partial charge on any atom is 0.141 e. The van der Waals surface area contributed by atoms with Crippen molar-refractivity contribution in [3.8, 4) is 17.2 Å². The fraction of sp³-hybridized carbons (Fsp3) is 0.250. The van der Waals surface area contributed by atoms with Gasteiger partial charge in [0.25, 0.3) is 0 Å². The molecule has 2 aromatic rings. The predicted molar refractivity (Wildman–Crippen MR) is 84.7 cm³/mol. The quantitative estimate of drug-likeness (QED) is 0.896. The standard InChI is InChI=1S/C16H18BrNO2/c1-11-9-14(4-3-12(11)7-8-18)20-16-6-5-13(19-2)10-15(16)17/h3-6,9-10H,7-8,18H2,1-2H3. The van der Waals surface area contributed by atoms with E-state index in [1.807, 2.05) is 30.3 Å². The fourth-order valence-electron chi connectivity index (χ4n) is 1.99. The summed E-state index contributed by atoms with van der Waals surface area (Å²) in [6.45, 7) is 2.73. The minimum absolute atomic E-state index is 0.658. The van der Waals surface area contributed by atoms with Crippen molar-refractivity contribution in [3.63, 3.8) is 0 Å². The largest absolute Gasteiger partial charge is 0.497 e. The van der Waals surface area contributed by atoms with E-state index in [1.54, 1.807) is 7.11 Å². The van der Waals surface area contributed by atoms with Gasteiger partial charge in [-0.05, 0) is 77.3 Å². The average molecular weight is 336 g/mol. The zero-order chi connectivity index (χ0) is 14.5. The normalized spacial score (nSPS) is 10.4. The van der Waals surface area contributed by atoms with Crippen LogP contribution in [0.4, 0.5) is 0 Å². The Balaban J connectivity index is 2.19. The summed E-state index contributed by atoms with van der Waals surface area (Å²) >= 11 is 3.48. The number of halogens is 1. The van der Waals surface area contributed by atoms with E-state index in [0.717, 1.165) is 28.1 Å². The van der Waals surface area contributed by atoms with Crippen molar-refractivity contribution in [2.24, 2.45) is 5.73 Å². The minimum Gasteiger partial charge on any atom is -0.497 e. The van der Waals surface area contributed by atoms with Crippen LogP contribution in [0.15, 0.2) is 40.9 Å². The molecule has 2 rings (SSSR count). The molecule has 0 aliphatic carbocycles. The Hall–Kier alpha value is -1.52. The van der Waals surface area contributed by atoms with E-state index in [-0.39, 0.29) is 0 Å². The summed E-state index contributed by atoms with van der Waals surface area (Å²) in [6, 6.07) is 11.7. The molecule has 0 bridgehead atoms. The average Bonchev–Trinajstić information content (AvgIpc) is 2.44. The lowest BCUT2D eigenvalue weighted by molar-refractivity contribution is 0.412.